The molecule has 5 nitrogen and oxygen atoms in total. The molecule has 9 aromatic carbocycles. The largest absolute Gasteiger partial charge is 0.456 e. The zero-order valence-electron chi connectivity index (χ0n) is 33.9. The second-order valence-electron chi connectivity index (χ2n) is 16.2. The van der Waals surface area contributed by atoms with Crippen LogP contribution in [0.3, 0.4) is 0 Å². The number of nitrogens with zero attached hydrogens (tertiary/aromatic N) is 3. The summed E-state index contributed by atoms with van der Waals surface area (Å²) in [5.74, 6) is 1.82. The average Bonchev–Trinajstić information content (AvgIpc) is 4.13. The first-order valence-electron chi connectivity index (χ1n) is 21.2. The fourth-order valence-electron chi connectivity index (χ4n) is 9.63. The van der Waals surface area contributed by atoms with Gasteiger partial charge in [-0.2, -0.15) is 0 Å². The van der Waals surface area contributed by atoms with E-state index in [9.17, 15) is 0 Å². The SMILES string of the molecule is c1ccc(-c2ccc3oc4ccccc4c3c2-c2ccc3oc4cccc(-c5nc(-c6ccc7c(c6)sc6ccccc67)nc(-c6ccc7c(c6)sc6ccccc67)n5)c4c3c2)cc1. The van der Waals surface area contributed by atoms with Crippen LogP contribution in [0.25, 0.3) is 141 Å². The van der Waals surface area contributed by atoms with Crippen molar-refractivity contribution in [2.24, 2.45) is 0 Å². The molecular weight excluding hydrogens is 823 g/mol. The molecule has 0 amide bonds. The molecule has 14 rings (SSSR count). The molecule has 0 saturated heterocycles. The van der Waals surface area contributed by atoms with Gasteiger partial charge in [-0.25, -0.2) is 15.0 Å². The van der Waals surface area contributed by atoms with Gasteiger partial charge in [0.05, 0.1) is 0 Å². The van der Waals surface area contributed by atoms with E-state index >= 15 is 0 Å². The molecule has 5 aromatic heterocycles. The molecule has 0 radical (unpaired) electrons. The van der Waals surface area contributed by atoms with Crippen molar-refractivity contribution >= 4 is 107 Å². The first kappa shape index (κ1) is 35.6. The van der Waals surface area contributed by atoms with E-state index in [1.54, 1.807) is 22.7 Å². The fraction of sp³-hybridized carbons (Fsp3) is 0. The van der Waals surface area contributed by atoms with Gasteiger partial charge in [-0.3, -0.25) is 0 Å². The first-order chi connectivity index (χ1) is 31.7. The van der Waals surface area contributed by atoms with E-state index in [-0.39, 0.29) is 0 Å². The van der Waals surface area contributed by atoms with Crippen molar-refractivity contribution in [3.05, 3.63) is 188 Å². The van der Waals surface area contributed by atoms with Crippen LogP contribution in [0.2, 0.25) is 0 Å². The maximum atomic E-state index is 6.66. The number of rotatable bonds is 5. The molecule has 64 heavy (non-hydrogen) atoms. The van der Waals surface area contributed by atoms with Crippen LogP contribution in [0.5, 0.6) is 0 Å². The Morgan fingerprint density at radius 3 is 1.53 bits per heavy atom. The molecule has 0 fully saturated rings. The summed E-state index contributed by atoms with van der Waals surface area (Å²) >= 11 is 3.58. The molecule has 14 aromatic rings. The van der Waals surface area contributed by atoms with Crippen molar-refractivity contribution < 1.29 is 8.83 Å². The van der Waals surface area contributed by atoms with E-state index in [2.05, 4.69) is 164 Å². The third kappa shape index (κ3) is 5.45. The summed E-state index contributed by atoms with van der Waals surface area (Å²) in [7, 11) is 0. The topological polar surface area (TPSA) is 65.0 Å². The van der Waals surface area contributed by atoms with Crippen molar-refractivity contribution in [1.29, 1.82) is 0 Å². The summed E-state index contributed by atoms with van der Waals surface area (Å²) in [6, 6.07) is 66.1. The Kier molecular flexibility index (Phi) is 7.66. The van der Waals surface area contributed by atoms with Crippen molar-refractivity contribution in [2.75, 3.05) is 0 Å². The molecule has 0 atom stereocenters. The zero-order valence-corrected chi connectivity index (χ0v) is 35.5. The third-order valence-electron chi connectivity index (χ3n) is 12.6. The molecule has 0 aliphatic heterocycles. The molecule has 298 valence electrons. The molecule has 0 N–H and O–H groups in total. The Labute approximate surface area is 373 Å². The standard InChI is InChI=1S/C57H31N3O2S2/c1-2-11-32(12-3-1)36-26-28-47-54(41-15-4-7-17-44(41)61-47)52(36)33-23-27-45-43(29-33)53-42(16-10-18-46(53)62-45)57-59-55(34-21-24-39-37-13-5-8-19-48(37)63-50(39)30-34)58-56(60-57)35-22-25-40-38-14-6-9-20-49(38)64-51(40)31-35/h1-31H. The molecular formula is C57H31N3O2S2. The number of fused-ring (bicyclic) bond motifs is 12. The quantitative estimate of drug-likeness (QED) is 0.173. The molecule has 0 unspecified atom stereocenters. The lowest BCUT2D eigenvalue weighted by molar-refractivity contribution is 0.669. The second kappa shape index (κ2) is 13.8. The summed E-state index contributed by atoms with van der Waals surface area (Å²) in [6.07, 6.45) is 0. The van der Waals surface area contributed by atoms with E-state index < -0.39 is 0 Å². The Balaban J connectivity index is 1.01. The Morgan fingerprint density at radius 2 is 0.828 bits per heavy atom. The maximum Gasteiger partial charge on any atom is 0.164 e. The highest BCUT2D eigenvalue weighted by Crippen LogP contribution is 2.46. The minimum atomic E-state index is 0.583. The molecule has 5 heterocycles. The van der Waals surface area contributed by atoms with Gasteiger partial charge in [0.25, 0.3) is 0 Å². The van der Waals surface area contributed by atoms with Crippen LogP contribution < -0.4 is 0 Å². The van der Waals surface area contributed by atoms with E-state index in [0.29, 0.717) is 17.5 Å². The molecule has 7 heteroatoms. The minimum Gasteiger partial charge on any atom is -0.456 e. The summed E-state index contributed by atoms with van der Waals surface area (Å²) in [4.78, 5) is 15.9. The van der Waals surface area contributed by atoms with Crippen LogP contribution in [-0.4, -0.2) is 15.0 Å². The van der Waals surface area contributed by atoms with Gasteiger partial charge in [0.1, 0.15) is 22.3 Å². The zero-order chi connectivity index (χ0) is 41.9. The highest BCUT2D eigenvalue weighted by atomic mass is 32.1. The molecule has 0 spiro atoms. The van der Waals surface area contributed by atoms with Crippen LogP contribution in [0.4, 0.5) is 0 Å². The number of para-hydroxylation sites is 1. The van der Waals surface area contributed by atoms with E-state index in [0.717, 1.165) is 82.8 Å². The Hall–Kier alpha value is -7.97. The van der Waals surface area contributed by atoms with Crippen LogP contribution in [0.15, 0.2) is 197 Å². The number of furan rings is 2. The monoisotopic (exact) mass is 853 g/mol. The van der Waals surface area contributed by atoms with Gasteiger partial charge < -0.3 is 8.83 Å². The summed E-state index contributed by atoms with van der Waals surface area (Å²) in [6.45, 7) is 0. The fourth-order valence-corrected chi connectivity index (χ4v) is 11.9. The molecule has 0 aliphatic carbocycles. The van der Waals surface area contributed by atoms with E-state index in [4.69, 9.17) is 23.8 Å². The lowest BCUT2D eigenvalue weighted by atomic mass is 9.90. The van der Waals surface area contributed by atoms with Gasteiger partial charge in [0.2, 0.25) is 0 Å². The van der Waals surface area contributed by atoms with Crippen LogP contribution in [0.1, 0.15) is 0 Å². The number of aromatic nitrogens is 3. The maximum absolute atomic E-state index is 6.66. The lowest BCUT2D eigenvalue weighted by Crippen LogP contribution is -2.00. The third-order valence-corrected chi connectivity index (χ3v) is 14.8. The lowest BCUT2D eigenvalue weighted by Gasteiger charge is -2.13. The second-order valence-corrected chi connectivity index (χ2v) is 18.4. The number of thiophene rings is 2. The van der Waals surface area contributed by atoms with Crippen molar-refractivity contribution in [1.82, 2.24) is 15.0 Å². The van der Waals surface area contributed by atoms with E-state index in [1.807, 2.05) is 24.3 Å². The highest BCUT2D eigenvalue weighted by Gasteiger charge is 2.22. The predicted octanol–water partition coefficient (Wildman–Crippen LogP) is 16.7. The van der Waals surface area contributed by atoms with E-state index in [1.165, 1.54) is 40.3 Å². The Morgan fingerprint density at radius 1 is 0.297 bits per heavy atom. The van der Waals surface area contributed by atoms with Gasteiger partial charge in [0, 0.05) is 84.1 Å². The molecule has 0 bridgehead atoms. The van der Waals surface area contributed by atoms with Crippen LogP contribution >= 0.6 is 22.7 Å². The molecule has 0 saturated carbocycles. The number of hydrogen-bond acceptors (Lipinski definition) is 7. The van der Waals surface area contributed by atoms with Gasteiger partial charge in [-0.05, 0) is 71.3 Å². The van der Waals surface area contributed by atoms with Crippen molar-refractivity contribution in [3.8, 4) is 56.4 Å². The number of benzene rings is 9. The Bertz CT molecular complexity index is 4080. The smallest absolute Gasteiger partial charge is 0.164 e. The minimum absolute atomic E-state index is 0.583. The molecule has 0 aliphatic rings. The van der Waals surface area contributed by atoms with Gasteiger partial charge in [-0.1, -0.05) is 133 Å². The highest BCUT2D eigenvalue weighted by molar-refractivity contribution is 7.26. The van der Waals surface area contributed by atoms with Crippen LogP contribution in [-0.2, 0) is 0 Å². The average molecular weight is 854 g/mol. The van der Waals surface area contributed by atoms with Crippen molar-refractivity contribution in [3.63, 3.8) is 0 Å². The summed E-state index contributed by atoms with van der Waals surface area (Å²) < 4.78 is 18.0. The van der Waals surface area contributed by atoms with Gasteiger partial charge in [-0.15, -0.1) is 22.7 Å². The van der Waals surface area contributed by atoms with Crippen molar-refractivity contribution in [2.45, 2.75) is 0 Å². The predicted molar refractivity (Wildman–Crippen MR) is 267 cm³/mol. The summed E-state index contributed by atoms with van der Waals surface area (Å²) in [5.41, 5.74) is 10.5. The summed E-state index contributed by atoms with van der Waals surface area (Å²) in [5, 5.41) is 9.07. The first-order valence-corrected chi connectivity index (χ1v) is 22.9. The number of hydrogen-bond donors (Lipinski definition) is 0. The van der Waals surface area contributed by atoms with Gasteiger partial charge in [0.15, 0.2) is 17.5 Å². The van der Waals surface area contributed by atoms with Crippen LogP contribution in [0, 0.1) is 0 Å². The normalized spacial score (nSPS) is 12.1. The van der Waals surface area contributed by atoms with Gasteiger partial charge >= 0.3 is 0 Å².